The van der Waals surface area contributed by atoms with Crippen LogP contribution in [0.15, 0.2) is 59.1 Å². The number of nitriles is 1. The van der Waals surface area contributed by atoms with Crippen LogP contribution < -0.4 is 14.8 Å². The molecule has 218 valence electrons. The van der Waals surface area contributed by atoms with Crippen LogP contribution in [0.25, 0.3) is 33.6 Å². The molecule has 9 nitrogen and oxygen atoms in total. The van der Waals surface area contributed by atoms with E-state index in [4.69, 9.17) is 18.6 Å². The third-order valence-electron chi connectivity index (χ3n) is 8.13. The van der Waals surface area contributed by atoms with E-state index in [-0.39, 0.29) is 12.1 Å². The van der Waals surface area contributed by atoms with Crippen LogP contribution in [0.3, 0.4) is 0 Å². The second-order valence-corrected chi connectivity index (χ2v) is 11.2. The van der Waals surface area contributed by atoms with Gasteiger partial charge in [-0.2, -0.15) is 5.26 Å². The van der Waals surface area contributed by atoms with Gasteiger partial charge in [-0.15, -0.1) is 0 Å². The molecule has 2 aliphatic rings. The van der Waals surface area contributed by atoms with Crippen molar-refractivity contribution < 1.29 is 23.7 Å². The normalized spacial score (nSPS) is 17.2. The van der Waals surface area contributed by atoms with E-state index in [0.29, 0.717) is 53.2 Å². The van der Waals surface area contributed by atoms with Gasteiger partial charge in [0.25, 0.3) is 0 Å². The predicted octanol–water partition coefficient (Wildman–Crippen LogP) is 5.27. The van der Waals surface area contributed by atoms with E-state index in [1.165, 1.54) is 0 Å². The number of nitrogens with one attached hydrogen (secondary N) is 1. The van der Waals surface area contributed by atoms with Gasteiger partial charge in [-0.3, -0.25) is 15.2 Å². The van der Waals surface area contributed by atoms with Gasteiger partial charge in [0.15, 0.2) is 5.58 Å². The highest BCUT2D eigenvalue weighted by atomic mass is 16.5. The van der Waals surface area contributed by atoms with Crippen molar-refractivity contribution in [3.63, 3.8) is 0 Å². The molecular weight excluding hydrogens is 532 g/mol. The van der Waals surface area contributed by atoms with Gasteiger partial charge < -0.3 is 23.7 Å². The average Bonchev–Trinajstić information content (AvgIpc) is 3.43. The molecule has 1 atom stereocenters. The van der Waals surface area contributed by atoms with Gasteiger partial charge in [0.2, 0.25) is 0 Å². The minimum atomic E-state index is -0.802. The molecule has 9 heteroatoms. The Morgan fingerprint density at radius 3 is 2.60 bits per heavy atom. The average molecular weight is 569 g/mol. The van der Waals surface area contributed by atoms with Crippen LogP contribution in [0, 0.1) is 11.3 Å². The number of aliphatic hydroxyl groups is 1. The van der Waals surface area contributed by atoms with E-state index in [9.17, 15) is 10.4 Å². The Labute approximate surface area is 245 Å². The number of ether oxygens (including phenoxy) is 3. The Morgan fingerprint density at radius 2 is 1.86 bits per heavy atom. The Balaban J connectivity index is 1.25. The molecule has 0 aliphatic carbocycles. The maximum absolute atomic E-state index is 10.8. The van der Waals surface area contributed by atoms with Crippen molar-refractivity contribution in [1.82, 2.24) is 15.2 Å². The van der Waals surface area contributed by atoms with Crippen LogP contribution in [0.4, 0.5) is 0 Å². The van der Waals surface area contributed by atoms with Crippen molar-refractivity contribution in [1.29, 1.82) is 5.26 Å². The Bertz CT molecular complexity index is 1600. The predicted molar refractivity (Wildman–Crippen MR) is 159 cm³/mol. The highest BCUT2D eigenvalue weighted by Gasteiger charge is 2.30. The monoisotopic (exact) mass is 568 g/mol. The molecule has 4 aromatic rings. The Hall–Kier alpha value is -3.94. The molecule has 6 rings (SSSR count). The van der Waals surface area contributed by atoms with Crippen molar-refractivity contribution in [3.05, 3.63) is 65.9 Å². The molecule has 2 aromatic carbocycles. The highest BCUT2D eigenvalue weighted by Crippen LogP contribution is 2.39. The van der Waals surface area contributed by atoms with Gasteiger partial charge in [0.1, 0.15) is 41.2 Å². The second kappa shape index (κ2) is 12.1. The molecular formula is C33H36N4O5. The van der Waals surface area contributed by atoms with Crippen molar-refractivity contribution in [2.24, 2.45) is 0 Å². The molecule has 0 radical (unpaired) electrons. The van der Waals surface area contributed by atoms with Crippen molar-refractivity contribution in [2.75, 3.05) is 33.4 Å². The van der Waals surface area contributed by atoms with E-state index in [1.807, 2.05) is 48.5 Å². The Kier molecular flexibility index (Phi) is 8.13. The first-order valence-corrected chi connectivity index (χ1v) is 14.5. The van der Waals surface area contributed by atoms with E-state index in [1.54, 1.807) is 13.3 Å². The van der Waals surface area contributed by atoms with Gasteiger partial charge in [0.05, 0.1) is 31.5 Å². The van der Waals surface area contributed by atoms with Crippen LogP contribution in [-0.2, 0) is 4.74 Å². The first kappa shape index (κ1) is 28.2. The summed E-state index contributed by atoms with van der Waals surface area (Å²) in [7, 11) is 1.61. The maximum atomic E-state index is 10.8. The topological polar surface area (TPSA) is 113 Å². The van der Waals surface area contributed by atoms with Gasteiger partial charge in [-0.1, -0.05) is 12.1 Å². The number of likely N-dealkylation sites (tertiary alicyclic amines) is 1. The number of rotatable bonds is 9. The largest absolute Gasteiger partial charge is 0.496 e. The summed E-state index contributed by atoms with van der Waals surface area (Å²) >= 11 is 0. The number of hydrogen-bond donors (Lipinski definition) is 2. The lowest BCUT2D eigenvalue weighted by Crippen LogP contribution is -2.60. The number of hydrogen-bond acceptors (Lipinski definition) is 9. The molecule has 42 heavy (non-hydrogen) atoms. The summed E-state index contributed by atoms with van der Waals surface area (Å²) in [6.07, 6.45) is 2.60. The summed E-state index contributed by atoms with van der Waals surface area (Å²) in [6.45, 7) is 7.53. The quantitative estimate of drug-likeness (QED) is 0.261. The molecule has 4 heterocycles. The van der Waals surface area contributed by atoms with E-state index >= 15 is 0 Å². The van der Waals surface area contributed by atoms with Gasteiger partial charge >= 0.3 is 0 Å². The third kappa shape index (κ3) is 5.72. The number of methoxy groups -OCH3 is 1. The molecule has 2 aliphatic heterocycles. The number of fused-ring (bicyclic) bond motifs is 1. The number of aliphatic hydroxyl groups excluding tert-OH is 1. The SMILES string of the molecule is COc1cc(C(O)NC2CN(C(C)C)C2)ccc1-c1cc2nccc(-c3ccc(OC4CCOCC4)c(C#N)c3)c2o1. The van der Waals surface area contributed by atoms with E-state index < -0.39 is 6.23 Å². The highest BCUT2D eigenvalue weighted by molar-refractivity contribution is 5.93. The second-order valence-electron chi connectivity index (χ2n) is 11.2. The van der Waals surface area contributed by atoms with Crippen molar-refractivity contribution in [2.45, 2.75) is 51.1 Å². The lowest BCUT2D eigenvalue weighted by Gasteiger charge is -2.43. The van der Waals surface area contributed by atoms with E-state index in [0.717, 1.165) is 48.2 Å². The summed E-state index contributed by atoms with van der Waals surface area (Å²) in [4.78, 5) is 6.88. The summed E-state index contributed by atoms with van der Waals surface area (Å²) in [5, 5.41) is 24.0. The molecule has 2 N–H and O–H groups in total. The first-order valence-electron chi connectivity index (χ1n) is 14.5. The summed E-state index contributed by atoms with van der Waals surface area (Å²) in [5.74, 6) is 1.77. The zero-order chi connectivity index (χ0) is 29.2. The molecule has 2 fully saturated rings. The number of pyridine rings is 1. The fraction of sp³-hybridized carbons (Fsp3) is 0.394. The smallest absolute Gasteiger partial charge is 0.161 e. The summed E-state index contributed by atoms with van der Waals surface area (Å²) in [5.41, 5.74) is 4.91. The molecule has 0 saturated carbocycles. The minimum Gasteiger partial charge on any atom is -0.496 e. The maximum Gasteiger partial charge on any atom is 0.161 e. The van der Waals surface area contributed by atoms with Crippen molar-refractivity contribution in [3.8, 4) is 40.0 Å². The number of benzene rings is 2. The third-order valence-corrected chi connectivity index (χ3v) is 8.13. The first-order chi connectivity index (χ1) is 20.4. The van der Waals surface area contributed by atoms with Gasteiger partial charge in [0, 0.05) is 55.8 Å². The summed E-state index contributed by atoms with van der Waals surface area (Å²) in [6, 6.07) is 18.0. The summed E-state index contributed by atoms with van der Waals surface area (Å²) < 4.78 is 23.7. The lowest BCUT2D eigenvalue weighted by atomic mass is 10.0. The Morgan fingerprint density at radius 1 is 1.05 bits per heavy atom. The van der Waals surface area contributed by atoms with Crippen LogP contribution in [0.1, 0.15) is 44.0 Å². The van der Waals surface area contributed by atoms with Crippen LogP contribution in [-0.4, -0.2) is 66.6 Å². The fourth-order valence-electron chi connectivity index (χ4n) is 5.60. The molecule has 2 saturated heterocycles. The van der Waals surface area contributed by atoms with Crippen LogP contribution in [0.2, 0.25) is 0 Å². The number of nitrogens with zero attached hydrogens (tertiary/aromatic N) is 3. The number of aromatic nitrogens is 1. The van der Waals surface area contributed by atoms with E-state index in [2.05, 4.69) is 35.1 Å². The fourth-order valence-corrected chi connectivity index (χ4v) is 5.60. The lowest BCUT2D eigenvalue weighted by molar-refractivity contribution is 0.0254. The molecule has 0 spiro atoms. The molecule has 0 amide bonds. The standard InChI is InChI=1S/C33H36N4O5/c1-20(2)37-18-24(19-37)36-33(38)22-4-6-27(30(15-22)39-3)31-16-28-32(42-31)26(8-11-35-28)21-5-7-29(23(14-21)17-34)41-25-9-12-40-13-10-25/h4-8,11,14-16,20,24-25,33,36,38H,9-10,12-13,18-19H2,1-3H3. The van der Waals surface area contributed by atoms with Crippen LogP contribution in [0.5, 0.6) is 11.5 Å². The molecule has 1 unspecified atom stereocenters. The molecule has 0 bridgehead atoms. The van der Waals surface area contributed by atoms with Crippen LogP contribution >= 0.6 is 0 Å². The number of furan rings is 1. The zero-order valence-electron chi connectivity index (χ0n) is 24.2. The zero-order valence-corrected chi connectivity index (χ0v) is 24.2. The van der Waals surface area contributed by atoms with Gasteiger partial charge in [-0.05, 0) is 55.3 Å². The minimum absolute atomic E-state index is 0.0451. The molecule has 2 aromatic heterocycles. The van der Waals surface area contributed by atoms with Gasteiger partial charge in [-0.25, -0.2) is 0 Å². The van der Waals surface area contributed by atoms with Crippen molar-refractivity contribution >= 4 is 11.1 Å².